The van der Waals surface area contributed by atoms with Gasteiger partial charge in [-0.1, -0.05) is 22.9 Å². The summed E-state index contributed by atoms with van der Waals surface area (Å²) in [5.74, 6) is 0.746. The molecule has 0 radical (unpaired) electrons. The number of pyridine rings is 1. The number of amides is 1. The number of aromatic nitrogens is 2. The molecule has 0 fully saturated rings. The van der Waals surface area contributed by atoms with Gasteiger partial charge < -0.3 is 5.32 Å². The molecule has 0 saturated carbocycles. The largest absolute Gasteiger partial charge is 0.315 e. The monoisotopic (exact) mass is 313 g/mol. The van der Waals surface area contributed by atoms with Gasteiger partial charge in [0, 0.05) is 30.1 Å². The number of hydrogen-bond donors (Lipinski definition) is 1. The molecule has 2 heterocycles. The zero-order chi connectivity index (χ0) is 13.7. The van der Waals surface area contributed by atoms with E-state index in [2.05, 4.69) is 15.3 Å². The maximum Gasteiger partial charge on any atom is 0.225 e. The molecule has 7 heteroatoms. The molecule has 0 aromatic carbocycles. The van der Waals surface area contributed by atoms with Gasteiger partial charge in [0.2, 0.25) is 5.91 Å². The van der Waals surface area contributed by atoms with E-state index in [0.29, 0.717) is 16.6 Å². The van der Waals surface area contributed by atoms with Gasteiger partial charge in [-0.2, -0.15) is 11.8 Å². The number of carbonyl (C=O) groups excluding carboxylic acids is 1. The Bertz CT molecular complexity index is 559. The van der Waals surface area contributed by atoms with Crippen molar-refractivity contribution in [2.45, 2.75) is 6.42 Å². The van der Waals surface area contributed by atoms with Crippen LogP contribution in [0.25, 0.3) is 10.6 Å². The summed E-state index contributed by atoms with van der Waals surface area (Å²) in [6, 6.07) is 3.74. The van der Waals surface area contributed by atoms with Crippen molar-refractivity contribution in [3.63, 3.8) is 0 Å². The molecule has 100 valence electrons. The number of anilines is 1. The molecule has 2 rings (SSSR count). The fourth-order valence-electron chi connectivity index (χ4n) is 1.38. The van der Waals surface area contributed by atoms with Gasteiger partial charge in [0.05, 0.1) is 0 Å². The molecule has 19 heavy (non-hydrogen) atoms. The van der Waals surface area contributed by atoms with E-state index in [9.17, 15) is 4.79 Å². The molecule has 0 saturated heterocycles. The molecule has 0 bridgehead atoms. The molecule has 0 spiro atoms. The van der Waals surface area contributed by atoms with Crippen LogP contribution in [0.15, 0.2) is 24.5 Å². The summed E-state index contributed by atoms with van der Waals surface area (Å²) in [6.45, 7) is 0. The molecule has 1 amide bonds. The molecular weight excluding hydrogens is 302 g/mol. The van der Waals surface area contributed by atoms with E-state index in [-0.39, 0.29) is 5.91 Å². The molecule has 2 aromatic rings. The lowest BCUT2D eigenvalue weighted by molar-refractivity contribution is -0.115. The van der Waals surface area contributed by atoms with Gasteiger partial charge >= 0.3 is 0 Å². The Morgan fingerprint density at radius 3 is 3.11 bits per heavy atom. The standard InChI is InChI=1S/C12H12ClN3OS2/c1-18-6-4-9(17)15-12-10(13)16-11(19-12)8-3-2-5-14-7-8/h2-3,5,7H,4,6H2,1H3,(H,15,17). The van der Waals surface area contributed by atoms with E-state index in [0.717, 1.165) is 16.3 Å². The first kappa shape index (κ1) is 14.3. The number of hydrogen-bond acceptors (Lipinski definition) is 5. The Morgan fingerprint density at radius 1 is 1.58 bits per heavy atom. The Labute approximate surface area is 124 Å². The summed E-state index contributed by atoms with van der Waals surface area (Å²) >= 11 is 9.02. The van der Waals surface area contributed by atoms with E-state index in [4.69, 9.17) is 11.6 Å². The summed E-state index contributed by atoms with van der Waals surface area (Å²) in [5.41, 5.74) is 0.888. The quantitative estimate of drug-likeness (QED) is 0.917. The van der Waals surface area contributed by atoms with Crippen LogP contribution in [0.3, 0.4) is 0 Å². The van der Waals surface area contributed by atoms with E-state index in [1.165, 1.54) is 11.3 Å². The number of nitrogens with one attached hydrogen (secondary N) is 1. The smallest absolute Gasteiger partial charge is 0.225 e. The third-order valence-electron chi connectivity index (χ3n) is 2.28. The highest BCUT2D eigenvalue weighted by Crippen LogP contribution is 2.34. The molecule has 1 N–H and O–H groups in total. The van der Waals surface area contributed by atoms with Crippen LogP contribution in [0.2, 0.25) is 5.15 Å². The van der Waals surface area contributed by atoms with Crippen molar-refractivity contribution >= 4 is 45.6 Å². The minimum atomic E-state index is -0.0439. The molecule has 0 aliphatic rings. The second kappa shape index (κ2) is 6.88. The van der Waals surface area contributed by atoms with Crippen molar-refractivity contribution in [2.24, 2.45) is 0 Å². The van der Waals surface area contributed by atoms with Gasteiger partial charge in [0.15, 0.2) is 5.15 Å². The molecular formula is C12H12ClN3OS2. The van der Waals surface area contributed by atoms with Crippen LogP contribution in [0, 0.1) is 0 Å². The van der Waals surface area contributed by atoms with Crippen molar-refractivity contribution < 1.29 is 4.79 Å². The van der Waals surface area contributed by atoms with Gasteiger partial charge in [-0.25, -0.2) is 4.98 Å². The molecule has 0 aliphatic carbocycles. The highest BCUT2D eigenvalue weighted by Gasteiger charge is 2.13. The number of rotatable bonds is 5. The van der Waals surface area contributed by atoms with Crippen LogP contribution >= 0.6 is 34.7 Å². The molecule has 2 aromatic heterocycles. The second-order valence-corrected chi connectivity index (χ2v) is 6.01. The minimum absolute atomic E-state index is 0.0439. The van der Waals surface area contributed by atoms with Crippen LogP contribution in [0.5, 0.6) is 0 Å². The van der Waals surface area contributed by atoms with Crippen LogP contribution < -0.4 is 5.32 Å². The zero-order valence-corrected chi connectivity index (χ0v) is 12.6. The van der Waals surface area contributed by atoms with E-state index in [1.54, 1.807) is 24.2 Å². The van der Waals surface area contributed by atoms with E-state index >= 15 is 0 Å². The normalized spacial score (nSPS) is 10.4. The Kier molecular flexibility index (Phi) is 5.18. The Morgan fingerprint density at radius 2 is 2.42 bits per heavy atom. The highest BCUT2D eigenvalue weighted by molar-refractivity contribution is 7.98. The topological polar surface area (TPSA) is 54.9 Å². The number of thiazole rings is 1. The average molecular weight is 314 g/mol. The van der Waals surface area contributed by atoms with Crippen molar-refractivity contribution in [2.75, 3.05) is 17.3 Å². The lowest BCUT2D eigenvalue weighted by Gasteiger charge is -2.00. The van der Waals surface area contributed by atoms with Crippen molar-refractivity contribution in [3.8, 4) is 10.6 Å². The van der Waals surface area contributed by atoms with Gasteiger partial charge in [0.25, 0.3) is 0 Å². The van der Waals surface area contributed by atoms with Crippen LogP contribution in [-0.4, -0.2) is 27.9 Å². The average Bonchev–Trinajstić information content (AvgIpc) is 2.79. The SMILES string of the molecule is CSCCC(=O)Nc1sc(-c2cccnc2)nc1Cl. The van der Waals surface area contributed by atoms with Gasteiger partial charge in [0.1, 0.15) is 10.0 Å². The summed E-state index contributed by atoms with van der Waals surface area (Å²) in [5, 5.41) is 4.45. The predicted molar refractivity (Wildman–Crippen MR) is 82.0 cm³/mol. The molecule has 0 unspecified atom stereocenters. The lowest BCUT2D eigenvalue weighted by Crippen LogP contribution is -2.11. The predicted octanol–water partition coefficient (Wildman–Crippen LogP) is 3.55. The maximum atomic E-state index is 11.7. The second-order valence-electron chi connectivity index (χ2n) is 3.67. The minimum Gasteiger partial charge on any atom is -0.315 e. The zero-order valence-electron chi connectivity index (χ0n) is 10.2. The fourth-order valence-corrected chi connectivity index (χ4v) is 2.93. The Balaban J connectivity index is 2.11. The summed E-state index contributed by atoms with van der Waals surface area (Å²) in [7, 11) is 0. The van der Waals surface area contributed by atoms with Crippen molar-refractivity contribution in [1.82, 2.24) is 9.97 Å². The van der Waals surface area contributed by atoms with Gasteiger partial charge in [-0.15, -0.1) is 0 Å². The van der Waals surface area contributed by atoms with Crippen LogP contribution in [0.4, 0.5) is 5.00 Å². The number of halogens is 1. The molecule has 0 atom stereocenters. The van der Waals surface area contributed by atoms with E-state index in [1.807, 2.05) is 18.4 Å². The molecule has 0 aliphatic heterocycles. The third kappa shape index (κ3) is 3.92. The highest BCUT2D eigenvalue weighted by atomic mass is 35.5. The first-order chi connectivity index (χ1) is 9.20. The van der Waals surface area contributed by atoms with E-state index < -0.39 is 0 Å². The van der Waals surface area contributed by atoms with Crippen molar-refractivity contribution in [3.05, 3.63) is 29.7 Å². The summed E-state index contributed by atoms with van der Waals surface area (Å²) in [6.07, 6.45) is 5.85. The first-order valence-corrected chi connectivity index (χ1v) is 8.15. The number of nitrogens with zero attached hydrogens (tertiary/aromatic N) is 2. The van der Waals surface area contributed by atoms with Crippen molar-refractivity contribution in [1.29, 1.82) is 0 Å². The maximum absolute atomic E-state index is 11.7. The Hall–Kier alpha value is -1.11. The van der Waals surface area contributed by atoms with Gasteiger partial charge in [-0.05, 0) is 18.4 Å². The summed E-state index contributed by atoms with van der Waals surface area (Å²) in [4.78, 5) is 19.9. The third-order valence-corrected chi connectivity index (χ3v) is 4.30. The van der Waals surface area contributed by atoms with Crippen LogP contribution in [0.1, 0.15) is 6.42 Å². The van der Waals surface area contributed by atoms with Crippen LogP contribution in [-0.2, 0) is 4.79 Å². The van der Waals surface area contributed by atoms with Gasteiger partial charge in [-0.3, -0.25) is 9.78 Å². The summed E-state index contributed by atoms with van der Waals surface area (Å²) < 4.78 is 0. The number of carbonyl (C=O) groups is 1. The fraction of sp³-hybridized carbons (Fsp3) is 0.250. The lowest BCUT2D eigenvalue weighted by atomic mass is 10.3. The molecule has 4 nitrogen and oxygen atoms in total. The number of thioether (sulfide) groups is 1. The first-order valence-electron chi connectivity index (χ1n) is 5.56.